The lowest BCUT2D eigenvalue weighted by atomic mass is 10.2. The Kier molecular flexibility index (Phi) is 2.98. The highest BCUT2D eigenvalue weighted by atomic mass is 16.1. The van der Waals surface area contributed by atoms with Crippen molar-refractivity contribution >= 4 is 12.1 Å². The molecule has 0 aromatic heterocycles. The molecular formula is C4H7N2O2. The monoisotopic (exact) mass is 115 g/mol. The largest absolute Gasteiger partial charge is 0.324 e. The Balaban J connectivity index is 3.62. The van der Waals surface area contributed by atoms with Crippen molar-refractivity contribution < 1.29 is 9.59 Å². The first-order valence-corrected chi connectivity index (χ1v) is 2.08. The lowest BCUT2D eigenvalue weighted by Gasteiger charge is -1.94. The molecule has 0 spiro atoms. The summed E-state index contributed by atoms with van der Waals surface area (Å²) in [7, 11) is 0. The van der Waals surface area contributed by atoms with Crippen LogP contribution >= 0.6 is 0 Å². The molecule has 0 amide bonds. The average Bonchev–Trinajstić information content (AvgIpc) is 1.84. The van der Waals surface area contributed by atoms with Crippen LogP contribution in [-0.2, 0) is 9.59 Å². The van der Waals surface area contributed by atoms with Gasteiger partial charge < -0.3 is 11.5 Å². The summed E-state index contributed by atoms with van der Waals surface area (Å²) >= 11 is 0. The highest BCUT2D eigenvalue weighted by Gasteiger charge is 2.09. The molecule has 1 unspecified atom stereocenters. The molecule has 4 nitrogen and oxygen atoms in total. The molecule has 0 bridgehead atoms. The second kappa shape index (κ2) is 3.29. The zero-order valence-electron chi connectivity index (χ0n) is 4.26. The van der Waals surface area contributed by atoms with Gasteiger partial charge in [0.2, 0.25) is 6.29 Å². The molecule has 8 heavy (non-hydrogen) atoms. The zero-order valence-corrected chi connectivity index (χ0v) is 4.26. The topological polar surface area (TPSA) is 86.2 Å². The molecule has 1 radical (unpaired) electrons. The van der Waals surface area contributed by atoms with E-state index in [4.69, 9.17) is 11.5 Å². The maximum absolute atomic E-state index is 10.2. The van der Waals surface area contributed by atoms with Crippen LogP contribution in [0.25, 0.3) is 0 Å². The van der Waals surface area contributed by atoms with Crippen LogP contribution in [0.5, 0.6) is 0 Å². The van der Waals surface area contributed by atoms with Crippen molar-refractivity contribution in [1.82, 2.24) is 0 Å². The number of ketones is 1. The SMILES string of the molecule is NCC(=O)C(N)[C]=O. The number of hydrogen-bond acceptors (Lipinski definition) is 4. The van der Waals surface area contributed by atoms with E-state index in [1.807, 2.05) is 0 Å². The van der Waals surface area contributed by atoms with Crippen LogP contribution in [0.15, 0.2) is 0 Å². The fraction of sp³-hybridized carbons (Fsp3) is 0.500. The highest BCUT2D eigenvalue weighted by Crippen LogP contribution is 1.70. The molecule has 4 N–H and O–H groups in total. The van der Waals surface area contributed by atoms with Crippen molar-refractivity contribution in [1.29, 1.82) is 0 Å². The van der Waals surface area contributed by atoms with E-state index in [1.54, 1.807) is 0 Å². The Hall–Kier alpha value is -0.740. The van der Waals surface area contributed by atoms with Gasteiger partial charge in [0.15, 0.2) is 5.78 Å². The summed E-state index contributed by atoms with van der Waals surface area (Å²) in [5.74, 6) is -0.486. The third-order valence-corrected chi connectivity index (χ3v) is 0.675. The Labute approximate surface area is 46.8 Å². The fourth-order valence-corrected chi connectivity index (χ4v) is 0.193. The van der Waals surface area contributed by atoms with Crippen LogP contribution < -0.4 is 11.5 Å². The van der Waals surface area contributed by atoms with Crippen LogP contribution in [0, 0.1) is 0 Å². The summed E-state index contributed by atoms with van der Waals surface area (Å²) in [6.07, 6.45) is 1.31. The number of carbonyl (C=O) groups excluding carboxylic acids is 2. The molecule has 0 aliphatic carbocycles. The maximum atomic E-state index is 10.2. The third-order valence-electron chi connectivity index (χ3n) is 0.675. The molecule has 0 rings (SSSR count). The quantitative estimate of drug-likeness (QED) is 0.414. The van der Waals surface area contributed by atoms with Gasteiger partial charge in [0, 0.05) is 0 Å². The number of carbonyl (C=O) groups is 1. The molecule has 4 heteroatoms. The number of hydrogen-bond donors (Lipinski definition) is 2. The summed E-state index contributed by atoms with van der Waals surface area (Å²) in [6, 6.07) is -1.15. The van der Waals surface area contributed by atoms with Gasteiger partial charge in [0.1, 0.15) is 6.04 Å². The van der Waals surface area contributed by atoms with Crippen molar-refractivity contribution in [2.75, 3.05) is 6.54 Å². The maximum Gasteiger partial charge on any atom is 0.224 e. The molecule has 0 saturated carbocycles. The van der Waals surface area contributed by atoms with Crippen molar-refractivity contribution in [3.8, 4) is 0 Å². The highest BCUT2D eigenvalue weighted by molar-refractivity contribution is 5.98. The van der Waals surface area contributed by atoms with E-state index in [0.717, 1.165) is 0 Å². The molecule has 0 heterocycles. The normalized spacial score (nSPS) is 12.8. The van der Waals surface area contributed by atoms with Gasteiger partial charge in [0.25, 0.3) is 0 Å². The molecule has 0 fully saturated rings. The van der Waals surface area contributed by atoms with Gasteiger partial charge in [0.05, 0.1) is 6.54 Å². The van der Waals surface area contributed by atoms with E-state index in [2.05, 4.69) is 0 Å². The van der Waals surface area contributed by atoms with E-state index in [9.17, 15) is 9.59 Å². The standard InChI is InChI=1S/C4H7N2O2/c5-1-4(8)3(6)2-7/h3H,1,5-6H2. The Morgan fingerprint density at radius 1 is 1.75 bits per heavy atom. The van der Waals surface area contributed by atoms with Gasteiger partial charge in [-0.1, -0.05) is 0 Å². The Morgan fingerprint density at radius 2 is 2.25 bits per heavy atom. The minimum atomic E-state index is -1.15. The lowest BCUT2D eigenvalue weighted by Crippen LogP contribution is -2.36. The number of Topliss-reactive ketones (excluding diaryl/α,β-unsaturated/α-hetero) is 1. The van der Waals surface area contributed by atoms with E-state index in [1.165, 1.54) is 6.29 Å². The Bertz CT molecular complexity index is 102. The number of nitrogens with two attached hydrogens (primary N) is 2. The van der Waals surface area contributed by atoms with Crippen molar-refractivity contribution in [2.24, 2.45) is 11.5 Å². The van der Waals surface area contributed by atoms with Crippen LogP contribution in [0.3, 0.4) is 0 Å². The van der Waals surface area contributed by atoms with E-state index < -0.39 is 11.8 Å². The van der Waals surface area contributed by atoms with Crippen LogP contribution in [-0.4, -0.2) is 24.7 Å². The summed E-state index contributed by atoms with van der Waals surface area (Å²) in [5.41, 5.74) is 9.71. The van der Waals surface area contributed by atoms with Crippen molar-refractivity contribution in [2.45, 2.75) is 6.04 Å². The first-order valence-electron chi connectivity index (χ1n) is 2.08. The molecule has 45 valence electrons. The van der Waals surface area contributed by atoms with Gasteiger partial charge in [-0.3, -0.25) is 9.59 Å². The molecule has 1 atom stereocenters. The van der Waals surface area contributed by atoms with Gasteiger partial charge in [-0.2, -0.15) is 0 Å². The molecule has 0 aromatic carbocycles. The second-order valence-corrected chi connectivity index (χ2v) is 1.27. The fourth-order valence-electron chi connectivity index (χ4n) is 0.193. The summed E-state index contributed by atoms with van der Waals surface area (Å²) in [4.78, 5) is 19.8. The van der Waals surface area contributed by atoms with Gasteiger partial charge in [-0.25, -0.2) is 0 Å². The predicted octanol–water partition coefficient (Wildman–Crippen LogP) is -2.05. The van der Waals surface area contributed by atoms with E-state index in [-0.39, 0.29) is 6.54 Å². The smallest absolute Gasteiger partial charge is 0.224 e. The minimum Gasteiger partial charge on any atom is -0.324 e. The van der Waals surface area contributed by atoms with Crippen LogP contribution in [0.2, 0.25) is 0 Å². The second-order valence-electron chi connectivity index (χ2n) is 1.27. The average molecular weight is 115 g/mol. The molecule has 0 aliphatic rings. The van der Waals surface area contributed by atoms with Crippen molar-refractivity contribution in [3.05, 3.63) is 0 Å². The summed E-state index contributed by atoms with van der Waals surface area (Å²) < 4.78 is 0. The summed E-state index contributed by atoms with van der Waals surface area (Å²) in [5, 5.41) is 0. The van der Waals surface area contributed by atoms with E-state index in [0.29, 0.717) is 0 Å². The predicted molar refractivity (Wildman–Crippen MR) is 27.7 cm³/mol. The number of rotatable bonds is 3. The van der Waals surface area contributed by atoms with Gasteiger partial charge in [-0.15, -0.1) is 0 Å². The molecular weight excluding hydrogens is 108 g/mol. The van der Waals surface area contributed by atoms with E-state index >= 15 is 0 Å². The lowest BCUT2D eigenvalue weighted by molar-refractivity contribution is -0.117. The third kappa shape index (κ3) is 1.81. The Morgan fingerprint density at radius 3 is 2.38 bits per heavy atom. The van der Waals surface area contributed by atoms with Crippen LogP contribution in [0.4, 0.5) is 0 Å². The zero-order chi connectivity index (χ0) is 6.57. The molecule has 0 aromatic rings. The van der Waals surface area contributed by atoms with Crippen molar-refractivity contribution in [3.63, 3.8) is 0 Å². The molecule has 0 saturated heterocycles. The molecule has 0 aliphatic heterocycles. The minimum absolute atomic E-state index is 0.198. The summed E-state index contributed by atoms with van der Waals surface area (Å²) in [6.45, 7) is -0.198. The van der Waals surface area contributed by atoms with Gasteiger partial charge >= 0.3 is 0 Å². The van der Waals surface area contributed by atoms with Crippen LogP contribution in [0.1, 0.15) is 0 Å². The first kappa shape index (κ1) is 7.26. The van der Waals surface area contributed by atoms with Gasteiger partial charge in [-0.05, 0) is 0 Å². The first-order chi connectivity index (χ1) is 3.72.